The first kappa shape index (κ1) is 13.0. The highest BCUT2D eigenvalue weighted by Gasteiger charge is 2.29. The monoisotopic (exact) mass is 228 g/mol. The van der Waals surface area contributed by atoms with Crippen LogP contribution in [-0.2, 0) is 9.47 Å². The van der Waals surface area contributed by atoms with Gasteiger partial charge in [-0.25, -0.2) is 10.2 Å². The highest BCUT2D eigenvalue weighted by Crippen LogP contribution is 2.21. The lowest BCUT2D eigenvalue weighted by molar-refractivity contribution is 0.0385. The van der Waals surface area contributed by atoms with Crippen molar-refractivity contribution >= 4 is 11.8 Å². The summed E-state index contributed by atoms with van der Waals surface area (Å²) < 4.78 is 10.5. The van der Waals surface area contributed by atoms with Gasteiger partial charge in [0.25, 0.3) is 0 Å². The molecule has 1 saturated heterocycles. The third-order valence-electron chi connectivity index (χ3n) is 1.96. The molecule has 1 aliphatic rings. The molecule has 1 N–H and O–H groups in total. The lowest BCUT2D eigenvalue weighted by atomic mass is 10.1. The van der Waals surface area contributed by atoms with Gasteiger partial charge >= 0.3 is 6.09 Å². The second-order valence-electron chi connectivity index (χ2n) is 5.52. The topological polar surface area (TPSA) is 59.9 Å². The third-order valence-corrected chi connectivity index (χ3v) is 1.96. The summed E-state index contributed by atoms with van der Waals surface area (Å²) >= 11 is 0. The number of amides is 1. The SMILES string of the molecule is CC(C)(C)OC(=O)NN=C1COC(C)(C)C1. The largest absolute Gasteiger partial charge is 0.443 e. The van der Waals surface area contributed by atoms with Crippen LogP contribution in [-0.4, -0.2) is 29.6 Å². The molecule has 0 aromatic heterocycles. The molecule has 0 atom stereocenters. The second kappa shape index (κ2) is 4.41. The van der Waals surface area contributed by atoms with Crippen molar-refractivity contribution in [2.75, 3.05) is 6.61 Å². The van der Waals surface area contributed by atoms with E-state index in [4.69, 9.17) is 9.47 Å². The van der Waals surface area contributed by atoms with E-state index in [2.05, 4.69) is 10.5 Å². The highest BCUT2D eigenvalue weighted by atomic mass is 16.6. The molecule has 5 nitrogen and oxygen atoms in total. The molecule has 92 valence electrons. The zero-order chi connectivity index (χ0) is 12.4. The molecule has 1 fully saturated rings. The standard InChI is InChI=1S/C11H20N2O3/c1-10(2,3)16-9(14)13-12-8-6-11(4,5)15-7-8/h6-7H2,1-5H3,(H,13,14). The Hall–Kier alpha value is -1.10. The Labute approximate surface area is 96.2 Å². The first-order valence-corrected chi connectivity index (χ1v) is 5.36. The molecular formula is C11H20N2O3. The summed E-state index contributed by atoms with van der Waals surface area (Å²) in [6.07, 6.45) is 0.188. The van der Waals surface area contributed by atoms with E-state index in [1.165, 1.54) is 0 Å². The minimum atomic E-state index is -0.537. The normalized spacial score (nSPS) is 22.2. The number of carbonyl (C=O) groups excluding carboxylic acids is 1. The van der Waals surface area contributed by atoms with Gasteiger partial charge in [-0.1, -0.05) is 0 Å². The number of hydrazone groups is 1. The lowest BCUT2D eigenvalue weighted by Gasteiger charge is -2.18. The molecule has 0 aliphatic carbocycles. The Bertz CT molecular complexity index is 303. The average molecular weight is 228 g/mol. The molecule has 0 unspecified atom stereocenters. The van der Waals surface area contributed by atoms with Crippen LogP contribution in [0.15, 0.2) is 5.10 Å². The number of carbonyl (C=O) groups is 1. The van der Waals surface area contributed by atoms with Crippen LogP contribution in [0.2, 0.25) is 0 Å². The minimum absolute atomic E-state index is 0.186. The number of nitrogens with one attached hydrogen (secondary N) is 1. The van der Waals surface area contributed by atoms with Crippen LogP contribution >= 0.6 is 0 Å². The summed E-state index contributed by atoms with van der Waals surface area (Å²) in [4.78, 5) is 11.3. The van der Waals surface area contributed by atoms with Crippen molar-refractivity contribution < 1.29 is 14.3 Å². The van der Waals surface area contributed by atoms with E-state index in [-0.39, 0.29) is 5.60 Å². The molecule has 0 saturated carbocycles. The van der Waals surface area contributed by atoms with Crippen LogP contribution in [0.1, 0.15) is 41.0 Å². The van der Waals surface area contributed by atoms with Crippen LogP contribution in [0.4, 0.5) is 4.79 Å². The molecule has 0 radical (unpaired) electrons. The first-order chi connectivity index (χ1) is 7.18. The average Bonchev–Trinajstić information content (AvgIpc) is 2.39. The number of nitrogens with zero attached hydrogens (tertiary/aromatic N) is 1. The van der Waals surface area contributed by atoms with Gasteiger partial charge in [-0.2, -0.15) is 5.10 Å². The van der Waals surface area contributed by atoms with Crippen molar-refractivity contribution in [3.63, 3.8) is 0 Å². The summed E-state index contributed by atoms with van der Waals surface area (Å²) in [6.45, 7) is 9.86. The summed E-state index contributed by atoms with van der Waals surface area (Å²) in [5, 5.41) is 3.97. The number of hydrogen-bond donors (Lipinski definition) is 1. The van der Waals surface area contributed by atoms with Crippen molar-refractivity contribution in [3.8, 4) is 0 Å². The van der Waals surface area contributed by atoms with Gasteiger partial charge < -0.3 is 9.47 Å². The van der Waals surface area contributed by atoms with Crippen LogP contribution in [0.3, 0.4) is 0 Å². The smallest absolute Gasteiger partial charge is 0.428 e. The molecule has 1 heterocycles. The Morgan fingerprint density at radius 3 is 2.56 bits per heavy atom. The van der Waals surface area contributed by atoms with Crippen molar-refractivity contribution in [3.05, 3.63) is 0 Å². The quantitative estimate of drug-likeness (QED) is 0.699. The number of rotatable bonds is 1. The van der Waals surface area contributed by atoms with Crippen molar-refractivity contribution in [2.45, 2.75) is 52.2 Å². The van der Waals surface area contributed by atoms with E-state index < -0.39 is 11.7 Å². The number of hydrogen-bond acceptors (Lipinski definition) is 4. The maximum Gasteiger partial charge on any atom is 0.428 e. The summed E-state index contributed by atoms with van der Waals surface area (Å²) in [5.41, 5.74) is 2.50. The van der Waals surface area contributed by atoms with E-state index in [0.717, 1.165) is 12.1 Å². The fourth-order valence-corrected chi connectivity index (χ4v) is 1.37. The molecule has 1 rings (SSSR count). The molecule has 1 aliphatic heterocycles. The van der Waals surface area contributed by atoms with E-state index in [1.54, 1.807) is 0 Å². The Morgan fingerprint density at radius 1 is 1.50 bits per heavy atom. The first-order valence-electron chi connectivity index (χ1n) is 5.36. The van der Waals surface area contributed by atoms with Gasteiger partial charge in [-0.05, 0) is 34.6 Å². The lowest BCUT2D eigenvalue weighted by Crippen LogP contribution is -2.30. The zero-order valence-electron chi connectivity index (χ0n) is 10.6. The van der Waals surface area contributed by atoms with Crippen molar-refractivity contribution in [1.82, 2.24) is 5.43 Å². The third kappa shape index (κ3) is 4.61. The summed E-state index contributed by atoms with van der Waals surface area (Å²) in [5.74, 6) is 0. The van der Waals surface area contributed by atoms with Crippen LogP contribution in [0.5, 0.6) is 0 Å². The predicted molar refractivity (Wildman–Crippen MR) is 61.5 cm³/mol. The number of ether oxygens (including phenoxy) is 2. The molecule has 5 heteroatoms. The Morgan fingerprint density at radius 2 is 2.12 bits per heavy atom. The van der Waals surface area contributed by atoms with Gasteiger partial charge in [-0.3, -0.25) is 0 Å². The zero-order valence-corrected chi connectivity index (χ0v) is 10.6. The van der Waals surface area contributed by atoms with E-state index in [9.17, 15) is 4.79 Å². The molecule has 16 heavy (non-hydrogen) atoms. The maximum absolute atomic E-state index is 11.3. The Balaban J connectivity index is 2.40. The van der Waals surface area contributed by atoms with Crippen LogP contribution in [0, 0.1) is 0 Å². The van der Waals surface area contributed by atoms with Crippen molar-refractivity contribution in [1.29, 1.82) is 0 Å². The van der Waals surface area contributed by atoms with Gasteiger partial charge in [0.05, 0.1) is 17.9 Å². The molecule has 0 aromatic rings. The minimum Gasteiger partial charge on any atom is -0.443 e. The molecule has 0 aromatic carbocycles. The van der Waals surface area contributed by atoms with Gasteiger partial charge in [-0.15, -0.1) is 0 Å². The van der Waals surface area contributed by atoms with Gasteiger partial charge in [0.1, 0.15) is 5.60 Å². The maximum atomic E-state index is 11.3. The van der Waals surface area contributed by atoms with Gasteiger partial charge in [0.2, 0.25) is 0 Å². The summed E-state index contributed by atoms with van der Waals surface area (Å²) in [7, 11) is 0. The van der Waals surface area contributed by atoms with Crippen LogP contribution < -0.4 is 5.43 Å². The van der Waals surface area contributed by atoms with E-state index in [0.29, 0.717) is 6.61 Å². The van der Waals surface area contributed by atoms with Gasteiger partial charge in [0, 0.05) is 6.42 Å². The van der Waals surface area contributed by atoms with E-state index in [1.807, 2.05) is 34.6 Å². The van der Waals surface area contributed by atoms with Crippen molar-refractivity contribution in [2.24, 2.45) is 5.10 Å². The molecular weight excluding hydrogens is 208 g/mol. The Kier molecular flexibility index (Phi) is 3.57. The van der Waals surface area contributed by atoms with Crippen LogP contribution in [0.25, 0.3) is 0 Å². The van der Waals surface area contributed by atoms with Gasteiger partial charge in [0.15, 0.2) is 0 Å². The molecule has 1 amide bonds. The molecule has 0 bridgehead atoms. The molecule has 0 spiro atoms. The summed E-state index contributed by atoms with van der Waals surface area (Å²) in [6, 6.07) is 0. The predicted octanol–water partition coefficient (Wildman–Crippen LogP) is 2.07. The van der Waals surface area contributed by atoms with E-state index >= 15 is 0 Å². The fraction of sp³-hybridized carbons (Fsp3) is 0.818. The highest BCUT2D eigenvalue weighted by molar-refractivity contribution is 5.89. The fourth-order valence-electron chi connectivity index (χ4n) is 1.37. The second-order valence-corrected chi connectivity index (χ2v) is 5.52.